The van der Waals surface area contributed by atoms with Gasteiger partial charge in [0.05, 0.1) is 25.5 Å². The summed E-state index contributed by atoms with van der Waals surface area (Å²) in [6.45, 7) is 8.48. The van der Waals surface area contributed by atoms with Crippen LogP contribution in [0.5, 0.6) is 0 Å². The summed E-state index contributed by atoms with van der Waals surface area (Å²) in [6, 6.07) is 0.0523. The van der Waals surface area contributed by atoms with E-state index in [1.54, 1.807) is 4.68 Å². The second kappa shape index (κ2) is 6.58. The molecule has 0 aliphatic carbocycles. The molecule has 0 saturated carbocycles. The summed E-state index contributed by atoms with van der Waals surface area (Å²) in [7, 11) is 1.88. The van der Waals surface area contributed by atoms with Crippen LogP contribution in [-0.4, -0.2) is 41.5 Å². The number of ether oxygens (including phenoxy) is 1. The van der Waals surface area contributed by atoms with E-state index in [1.165, 1.54) is 0 Å². The molecular formula is C15H26N4O2. The van der Waals surface area contributed by atoms with Gasteiger partial charge in [0, 0.05) is 37.8 Å². The van der Waals surface area contributed by atoms with Gasteiger partial charge in [0.1, 0.15) is 0 Å². The van der Waals surface area contributed by atoms with E-state index in [4.69, 9.17) is 4.74 Å². The van der Waals surface area contributed by atoms with Crippen LogP contribution in [0.1, 0.15) is 38.8 Å². The van der Waals surface area contributed by atoms with Crippen LogP contribution in [0.2, 0.25) is 0 Å². The quantitative estimate of drug-likeness (QED) is 0.869. The maximum Gasteiger partial charge on any atom is 0.222 e. The molecule has 21 heavy (non-hydrogen) atoms. The molecule has 1 aromatic heterocycles. The van der Waals surface area contributed by atoms with Crippen LogP contribution in [0.25, 0.3) is 0 Å². The number of hydrogen-bond donors (Lipinski definition) is 2. The molecule has 0 bridgehead atoms. The molecule has 1 aliphatic rings. The number of morpholine rings is 1. The first-order valence-electron chi connectivity index (χ1n) is 7.45. The van der Waals surface area contributed by atoms with Gasteiger partial charge in [-0.2, -0.15) is 5.10 Å². The van der Waals surface area contributed by atoms with Crippen LogP contribution in [0.3, 0.4) is 0 Å². The number of carbonyl (C=O) groups is 1. The number of nitrogens with zero attached hydrogens (tertiary/aromatic N) is 2. The van der Waals surface area contributed by atoms with Gasteiger partial charge in [0.25, 0.3) is 0 Å². The van der Waals surface area contributed by atoms with Crippen LogP contribution >= 0.6 is 0 Å². The monoisotopic (exact) mass is 294 g/mol. The highest BCUT2D eigenvalue weighted by molar-refractivity contribution is 5.77. The predicted octanol–water partition coefficient (Wildman–Crippen LogP) is 1.00. The highest BCUT2D eigenvalue weighted by atomic mass is 16.5. The van der Waals surface area contributed by atoms with Gasteiger partial charge in [-0.15, -0.1) is 0 Å². The summed E-state index contributed by atoms with van der Waals surface area (Å²) < 4.78 is 7.15. The third-order valence-electron chi connectivity index (χ3n) is 3.66. The fourth-order valence-corrected chi connectivity index (χ4v) is 2.58. The first-order valence-corrected chi connectivity index (χ1v) is 7.45. The van der Waals surface area contributed by atoms with Gasteiger partial charge in [-0.3, -0.25) is 9.48 Å². The minimum atomic E-state index is -0.0742. The molecule has 1 saturated heterocycles. The normalized spacial score (nSPS) is 21.0. The molecular weight excluding hydrogens is 268 g/mol. The van der Waals surface area contributed by atoms with E-state index in [1.807, 2.05) is 19.4 Å². The maximum atomic E-state index is 12.3. The minimum absolute atomic E-state index is 0.0433. The van der Waals surface area contributed by atoms with Crippen molar-refractivity contribution < 1.29 is 9.53 Å². The smallest absolute Gasteiger partial charge is 0.222 e. The van der Waals surface area contributed by atoms with Crippen LogP contribution < -0.4 is 10.6 Å². The minimum Gasteiger partial charge on any atom is -0.378 e. The Morgan fingerprint density at radius 2 is 2.38 bits per heavy atom. The molecule has 0 aromatic carbocycles. The van der Waals surface area contributed by atoms with E-state index in [2.05, 4.69) is 36.5 Å². The molecule has 6 nitrogen and oxygen atoms in total. The number of rotatable bonds is 4. The lowest BCUT2D eigenvalue weighted by molar-refractivity contribution is -0.123. The summed E-state index contributed by atoms with van der Waals surface area (Å²) in [5.74, 6) is 0.0433. The van der Waals surface area contributed by atoms with Crippen LogP contribution in [0, 0.1) is 5.41 Å². The van der Waals surface area contributed by atoms with E-state index in [0.717, 1.165) is 18.7 Å². The summed E-state index contributed by atoms with van der Waals surface area (Å²) in [4.78, 5) is 12.3. The second-order valence-electron chi connectivity index (χ2n) is 6.74. The molecule has 2 N–H and O–H groups in total. The van der Waals surface area contributed by atoms with Crippen LogP contribution in [0.4, 0.5) is 0 Å². The van der Waals surface area contributed by atoms with Crippen molar-refractivity contribution in [3.63, 3.8) is 0 Å². The topological polar surface area (TPSA) is 68.2 Å². The van der Waals surface area contributed by atoms with Crippen molar-refractivity contribution in [2.75, 3.05) is 19.8 Å². The summed E-state index contributed by atoms with van der Waals surface area (Å²) in [5, 5.41) is 10.7. The number of amides is 1. The fraction of sp³-hybridized carbons (Fsp3) is 0.733. The van der Waals surface area contributed by atoms with E-state index in [-0.39, 0.29) is 23.4 Å². The maximum absolute atomic E-state index is 12.3. The molecule has 2 heterocycles. The predicted molar refractivity (Wildman–Crippen MR) is 80.8 cm³/mol. The van der Waals surface area contributed by atoms with Crippen molar-refractivity contribution in [1.29, 1.82) is 0 Å². The number of carbonyl (C=O) groups excluding carboxylic acids is 1. The molecule has 1 aromatic rings. The van der Waals surface area contributed by atoms with Crippen molar-refractivity contribution in [2.45, 2.75) is 39.3 Å². The molecule has 1 fully saturated rings. The van der Waals surface area contributed by atoms with Gasteiger partial charge in [0.2, 0.25) is 5.91 Å². The fourth-order valence-electron chi connectivity index (χ4n) is 2.58. The Morgan fingerprint density at radius 1 is 1.62 bits per heavy atom. The molecule has 2 atom stereocenters. The Hall–Kier alpha value is -1.40. The molecule has 6 heteroatoms. The van der Waals surface area contributed by atoms with Crippen LogP contribution in [0.15, 0.2) is 12.4 Å². The zero-order valence-electron chi connectivity index (χ0n) is 13.3. The lowest BCUT2D eigenvalue weighted by Gasteiger charge is -2.32. The van der Waals surface area contributed by atoms with Crippen molar-refractivity contribution in [3.05, 3.63) is 18.0 Å². The Labute approximate surface area is 126 Å². The van der Waals surface area contributed by atoms with Crippen molar-refractivity contribution >= 4 is 5.91 Å². The summed E-state index contributed by atoms with van der Waals surface area (Å²) in [5.41, 5.74) is 0.959. The van der Waals surface area contributed by atoms with Gasteiger partial charge < -0.3 is 15.4 Å². The van der Waals surface area contributed by atoms with Gasteiger partial charge in [-0.25, -0.2) is 0 Å². The number of aryl methyl sites for hydroxylation is 1. The third kappa shape index (κ3) is 4.54. The van der Waals surface area contributed by atoms with Gasteiger partial charge in [-0.1, -0.05) is 20.8 Å². The van der Waals surface area contributed by atoms with Gasteiger partial charge >= 0.3 is 0 Å². The zero-order chi connectivity index (χ0) is 15.5. The lowest BCUT2D eigenvalue weighted by atomic mass is 9.83. The van der Waals surface area contributed by atoms with Crippen molar-refractivity contribution in [2.24, 2.45) is 12.5 Å². The van der Waals surface area contributed by atoms with E-state index in [0.29, 0.717) is 13.0 Å². The number of hydrogen-bond acceptors (Lipinski definition) is 4. The Bertz CT molecular complexity index is 472. The van der Waals surface area contributed by atoms with E-state index >= 15 is 0 Å². The molecule has 2 rings (SSSR count). The lowest BCUT2D eigenvalue weighted by Crippen LogP contribution is -2.45. The molecule has 118 valence electrons. The Kier molecular flexibility index (Phi) is 5.00. The first kappa shape index (κ1) is 16.0. The molecule has 1 amide bonds. The SMILES string of the molecule is Cn1cc(C(NC(=O)CC2COCCN2)C(C)(C)C)cn1. The van der Waals surface area contributed by atoms with Gasteiger partial charge in [-0.05, 0) is 5.41 Å². The Morgan fingerprint density at radius 3 is 2.90 bits per heavy atom. The largest absolute Gasteiger partial charge is 0.378 e. The highest BCUT2D eigenvalue weighted by Gasteiger charge is 2.29. The standard InChI is InChI=1S/C15H26N4O2/c1-15(2,3)14(11-8-17-19(4)9-11)18-13(20)7-12-10-21-6-5-16-12/h8-9,12,14,16H,5-7,10H2,1-4H3,(H,18,20). The molecule has 1 aliphatic heterocycles. The van der Waals surface area contributed by atoms with Crippen molar-refractivity contribution in [1.82, 2.24) is 20.4 Å². The molecule has 0 spiro atoms. The van der Waals surface area contributed by atoms with Crippen molar-refractivity contribution in [3.8, 4) is 0 Å². The highest BCUT2D eigenvalue weighted by Crippen LogP contribution is 2.32. The first-order chi connectivity index (χ1) is 9.86. The summed E-state index contributed by atoms with van der Waals surface area (Å²) in [6.07, 6.45) is 4.21. The molecule has 0 radical (unpaired) electrons. The van der Waals surface area contributed by atoms with Crippen LogP contribution in [-0.2, 0) is 16.6 Å². The van der Waals surface area contributed by atoms with Gasteiger partial charge in [0.15, 0.2) is 0 Å². The zero-order valence-corrected chi connectivity index (χ0v) is 13.3. The number of nitrogens with one attached hydrogen (secondary N) is 2. The van der Waals surface area contributed by atoms with E-state index < -0.39 is 0 Å². The third-order valence-corrected chi connectivity index (χ3v) is 3.66. The summed E-state index contributed by atoms with van der Waals surface area (Å²) >= 11 is 0. The second-order valence-corrected chi connectivity index (χ2v) is 6.74. The Balaban J connectivity index is 1.99. The average Bonchev–Trinajstić information content (AvgIpc) is 2.82. The average molecular weight is 294 g/mol. The number of aromatic nitrogens is 2. The molecule has 2 unspecified atom stereocenters. The van der Waals surface area contributed by atoms with E-state index in [9.17, 15) is 4.79 Å².